The van der Waals surface area contributed by atoms with Gasteiger partial charge in [-0.1, -0.05) is 46.0 Å². The Kier molecular flexibility index (Phi) is 7.64. The molecule has 2 aliphatic carbocycles. The standard InChI is InChI=1S/C30H47N3O2S/c1-10-28(4,5)35-17-16-30(8,11-2)32-27-31-22-15-14-21-23(26(22)36-27)29(6,7)19(3)24(25(21)34)33(9)18-20-12-13-20/h14-15,19-20,24H,10-13,16-18H2,1-9H3,(H,31,32)/t19-,24?,30?/m0/s1. The molecule has 2 unspecified atom stereocenters. The van der Waals surface area contributed by atoms with Crippen molar-refractivity contribution in [3.05, 3.63) is 23.3 Å². The highest BCUT2D eigenvalue weighted by atomic mass is 32.1. The Bertz CT molecular complexity index is 1100. The zero-order valence-electron chi connectivity index (χ0n) is 24.0. The van der Waals surface area contributed by atoms with Crippen molar-refractivity contribution in [2.24, 2.45) is 11.8 Å². The second-order valence-corrected chi connectivity index (χ2v) is 13.8. The number of Topliss-reactive ketones (excluding diaryl/α,β-unsaturated/α-hetero) is 1. The first-order chi connectivity index (χ1) is 16.8. The number of nitrogens with zero attached hydrogens (tertiary/aromatic N) is 2. The highest BCUT2D eigenvalue weighted by Gasteiger charge is 2.48. The number of carbonyl (C=O) groups is 1. The van der Waals surface area contributed by atoms with E-state index in [2.05, 4.69) is 72.7 Å². The maximum atomic E-state index is 13.8. The summed E-state index contributed by atoms with van der Waals surface area (Å²) in [5.74, 6) is 1.27. The zero-order chi connectivity index (χ0) is 26.5. The van der Waals surface area contributed by atoms with Gasteiger partial charge >= 0.3 is 0 Å². The van der Waals surface area contributed by atoms with Gasteiger partial charge in [-0.25, -0.2) is 4.98 Å². The zero-order valence-corrected chi connectivity index (χ0v) is 24.8. The molecule has 1 aromatic carbocycles. The number of ether oxygens (including phenoxy) is 1. The van der Waals surface area contributed by atoms with Gasteiger partial charge in [0, 0.05) is 24.3 Å². The van der Waals surface area contributed by atoms with Gasteiger partial charge in [0.1, 0.15) is 0 Å². The van der Waals surface area contributed by atoms with Crippen LogP contribution >= 0.6 is 11.3 Å². The molecule has 2 aromatic rings. The average molecular weight is 514 g/mol. The van der Waals surface area contributed by atoms with Crippen molar-refractivity contribution in [3.63, 3.8) is 0 Å². The fraction of sp³-hybridized carbons (Fsp3) is 0.733. The summed E-state index contributed by atoms with van der Waals surface area (Å²) >= 11 is 1.71. The third-order valence-electron chi connectivity index (χ3n) is 9.25. The third-order valence-corrected chi connectivity index (χ3v) is 10.3. The number of hydrogen-bond acceptors (Lipinski definition) is 6. The SMILES string of the molecule is CCC(C)(CCOC(C)(C)CC)Nc1nc2ccc3c(c2s1)C(C)(C)[C@@H](C)C(N(C)CC1CC1)C3=O. The van der Waals surface area contributed by atoms with E-state index < -0.39 is 0 Å². The number of likely N-dealkylation sites (N-methyl/N-ethyl adjacent to an activating group) is 1. The molecule has 3 atom stereocenters. The maximum Gasteiger partial charge on any atom is 0.184 e. The van der Waals surface area contributed by atoms with E-state index >= 15 is 0 Å². The van der Waals surface area contributed by atoms with Gasteiger partial charge in [0.2, 0.25) is 0 Å². The van der Waals surface area contributed by atoms with Crippen molar-refractivity contribution < 1.29 is 9.53 Å². The van der Waals surface area contributed by atoms with Crippen LogP contribution in [0.4, 0.5) is 5.13 Å². The Hall–Kier alpha value is -1.50. The van der Waals surface area contributed by atoms with Crippen molar-refractivity contribution in [1.82, 2.24) is 9.88 Å². The van der Waals surface area contributed by atoms with E-state index in [4.69, 9.17) is 9.72 Å². The Morgan fingerprint density at radius 1 is 1.19 bits per heavy atom. The van der Waals surface area contributed by atoms with Crippen molar-refractivity contribution in [1.29, 1.82) is 0 Å². The van der Waals surface area contributed by atoms with Gasteiger partial charge in [0.25, 0.3) is 0 Å². The van der Waals surface area contributed by atoms with Crippen LogP contribution in [0.3, 0.4) is 0 Å². The number of thiazole rings is 1. The summed E-state index contributed by atoms with van der Waals surface area (Å²) in [4.78, 5) is 21.1. The van der Waals surface area contributed by atoms with Crippen LogP contribution in [-0.2, 0) is 10.2 Å². The molecule has 5 nitrogen and oxygen atoms in total. The molecule has 4 rings (SSSR count). The Morgan fingerprint density at radius 3 is 2.50 bits per heavy atom. The number of rotatable bonds is 11. The van der Waals surface area contributed by atoms with Gasteiger partial charge in [-0.2, -0.15) is 0 Å². The molecule has 0 spiro atoms. The lowest BCUT2D eigenvalue weighted by atomic mass is 9.63. The van der Waals surface area contributed by atoms with Gasteiger partial charge in [0.15, 0.2) is 10.9 Å². The lowest BCUT2D eigenvalue weighted by Gasteiger charge is -2.46. The summed E-state index contributed by atoms with van der Waals surface area (Å²) in [7, 11) is 2.14. The van der Waals surface area contributed by atoms with E-state index in [9.17, 15) is 4.79 Å². The lowest BCUT2D eigenvalue weighted by molar-refractivity contribution is -0.0258. The number of anilines is 1. The van der Waals surface area contributed by atoms with E-state index in [1.165, 1.54) is 18.4 Å². The molecule has 0 saturated heterocycles. The van der Waals surface area contributed by atoms with Crippen molar-refractivity contribution in [3.8, 4) is 0 Å². The second kappa shape index (κ2) is 9.99. The third kappa shape index (κ3) is 5.37. The van der Waals surface area contributed by atoms with Crippen LogP contribution in [0.5, 0.6) is 0 Å². The van der Waals surface area contributed by atoms with E-state index in [1.807, 2.05) is 12.1 Å². The fourth-order valence-corrected chi connectivity index (χ4v) is 6.87. The summed E-state index contributed by atoms with van der Waals surface area (Å²) in [6.45, 7) is 19.6. The topological polar surface area (TPSA) is 54.5 Å². The minimum atomic E-state index is -0.122. The number of benzene rings is 1. The summed E-state index contributed by atoms with van der Waals surface area (Å²) in [5, 5.41) is 4.68. The molecular weight excluding hydrogens is 466 g/mol. The van der Waals surface area contributed by atoms with Gasteiger partial charge in [-0.15, -0.1) is 0 Å². The predicted molar refractivity (Wildman–Crippen MR) is 153 cm³/mol. The summed E-state index contributed by atoms with van der Waals surface area (Å²) in [6, 6.07) is 4.02. The molecule has 0 aliphatic heterocycles. The molecule has 36 heavy (non-hydrogen) atoms. The Morgan fingerprint density at radius 2 is 1.89 bits per heavy atom. The van der Waals surface area contributed by atoms with Crippen LogP contribution < -0.4 is 5.32 Å². The van der Waals surface area contributed by atoms with Gasteiger partial charge < -0.3 is 10.1 Å². The van der Waals surface area contributed by atoms with Crippen LogP contribution in [-0.4, -0.2) is 53.0 Å². The molecule has 1 N–H and O–H groups in total. The average Bonchev–Trinajstić information content (AvgIpc) is 3.53. The van der Waals surface area contributed by atoms with Gasteiger partial charge in [-0.3, -0.25) is 9.69 Å². The summed E-state index contributed by atoms with van der Waals surface area (Å²) in [5.41, 5.74) is 2.74. The quantitative estimate of drug-likeness (QED) is 0.342. The maximum absolute atomic E-state index is 13.8. The van der Waals surface area contributed by atoms with Crippen LogP contribution in [0.1, 0.15) is 103 Å². The van der Waals surface area contributed by atoms with E-state index in [0.717, 1.165) is 52.6 Å². The number of carbonyl (C=O) groups excluding carboxylic acids is 1. The Balaban J connectivity index is 1.62. The number of nitrogens with one attached hydrogen (secondary N) is 1. The second-order valence-electron chi connectivity index (χ2n) is 12.8. The molecule has 0 amide bonds. The monoisotopic (exact) mass is 513 g/mol. The predicted octanol–water partition coefficient (Wildman–Crippen LogP) is 7.29. The minimum Gasteiger partial charge on any atom is -0.375 e. The molecule has 200 valence electrons. The molecule has 1 heterocycles. The highest BCUT2D eigenvalue weighted by Crippen LogP contribution is 2.48. The number of hydrogen-bond donors (Lipinski definition) is 1. The van der Waals surface area contributed by atoms with E-state index in [0.29, 0.717) is 6.61 Å². The normalized spacial score (nSPS) is 23.7. The fourth-order valence-electron chi connectivity index (χ4n) is 5.54. The van der Waals surface area contributed by atoms with Gasteiger partial charge in [-0.05, 0) is 94.9 Å². The number of aromatic nitrogens is 1. The minimum absolute atomic E-state index is 0.0631. The van der Waals surface area contributed by atoms with Gasteiger partial charge in [0.05, 0.1) is 21.9 Å². The molecule has 2 aliphatic rings. The number of fused-ring (bicyclic) bond motifs is 3. The first-order valence-corrected chi connectivity index (χ1v) is 14.7. The molecule has 0 radical (unpaired) electrons. The molecule has 1 aromatic heterocycles. The number of ketones is 1. The summed E-state index contributed by atoms with van der Waals surface area (Å²) in [6.07, 6.45) is 5.49. The van der Waals surface area contributed by atoms with Crippen molar-refractivity contribution in [2.75, 3.05) is 25.5 Å². The van der Waals surface area contributed by atoms with Crippen LogP contribution in [0.25, 0.3) is 10.2 Å². The summed E-state index contributed by atoms with van der Waals surface area (Å²) < 4.78 is 7.31. The lowest BCUT2D eigenvalue weighted by Crippen LogP contribution is -2.53. The van der Waals surface area contributed by atoms with Crippen molar-refractivity contribution >= 4 is 32.5 Å². The highest BCUT2D eigenvalue weighted by molar-refractivity contribution is 7.22. The van der Waals surface area contributed by atoms with Crippen LogP contribution in [0, 0.1) is 11.8 Å². The smallest absolute Gasteiger partial charge is 0.184 e. The molecule has 6 heteroatoms. The Labute approximate surface area is 222 Å². The molecule has 1 fully saturated rings. The van der Waals surface area contributed by atoms with Crippen LogP contribution in [0.2, 0.25) is 0 Å². The van der Waals surface area contributed by atoms with E-state index in [-0.39, 0.29) is 34.3 Å². The molecule has 1 saturated carbocycles. The molecular formula is C30H47N3O2S. The van der Waals surface area contributed by atoms with Crippen LogP contribution in [0.15, 0.2) is 12.1 Å². The molecule has 0 bridgehead atoms. The van der Waals surface area contributed by atoms with E-state index in [1.54, 1.807) is 11.3 Å². The first kappa shape index (κ1) is 27.5. The van der Waals surface area contributed by atoms with Crippen molar-refractivity contribution in [2.45, 2.75) is 110 Å². The first-order valence-electron chi connectivity index (χ1n) is 13.9. The largest absolute Gasteiger partial charge is 0.375 e.